The molecule has 0 spiro atoms. The molecule has 0 saturated heterocycles. The maximum absolute atomic E-state index is 12.3. The zero-order chi connectivity index (χ0) is 22.0. The SMILES string of the molecule is CCCCCC(=O)N(CCC#CCC#CCC#CCCCC(=O)NC1CC1)C(C)C. The first-order valence-electron chi connectivity index (χ1n) is 11.5. The predicted molar refractivity (Wildman–Crippen MR) is 123 cm³/mol. The Kier molecular flexibility index (Phi) is 14.0. The molecular weight excluding hydrogens is 372 g/mol. The van der Waals surface area contributed by atoms with Crippen LogP contribution in [0.5, 0.6) is 0 Å². The second-order valence-corrected chi connectivity index (χ2v) is 8.00. The topological polar surface area (TPSA) is 49.4 Å². The first kappa shape index (κ1) is 25.7. The van der Waals surface area contributed by atoms with Crippen LogP contribution >= 0.6 is 0 Å². The van der Waals surface area contributed by atoms with Gasteiger partial charge in [0.2, 0.25) is 11.8 Å². The highest BCUT2D eigenvalue weighted by Crippen LogP contribution is 2.18. The van der Waals surface area contributed by atoms with Gasteiger partial charge in [-0.25, -0.2) is 0 Å². The van der Waals surface area contributed by atoms with E-state index in [9.17, 15) is 9.59 Å². The van der Waals surface area contributed by atoms with Crippen molar-refractivity contribution in [3.8, 4) is 35.5 Å². The van der Waals surface area contributed by atoms with Gasteiger partial charge in [0, 0.05) is 44.3 Å². The Morgan fingerprint density at radius 2 is 1.53 bits per heavy atom. The lowest BCUT2D eigenvalue weighted by Crippen LogP contribution is -2.37. The van der Waals surface area contributed by atoms with E-state index >= 15 is 0 Å². The van der Waals surface area contributed by atoms with Crippen LogP contribution in [0, 0.1) is 35.5 Å². The number of unbranched alkanes of at least 4 members (excludes halogenated alkanes) is 3. The highest BCUT2D eigenvalue weighted by atomic mass is 16.2. The Morgan fingerprint density at radius 1 is 0.900 bits per heavy atom. The summed E-state index contributed by atoms with van der Waals surface area (Å²) in [6.45, 7) is 6.95. The van der Waals surface area contributed by atoms with E-state index in [1.54, 1.807) is 0 Å². The minimum absolute atomic E-state index is 0.148. The molecule has 0 aromatic heterocycles. The van der Waals surface area contributed by atoms with Gasteiger partial charge in [-0.2, -0.15) is 0 Å². The molecule has 0 bridgehead atoms. The van der Waals surface area contributed by atoms with Crippen molar-refractivity contribution in [2.75, 3.05) is 6.54 Å². The minimum Gasteiger partial charge on any atom is -0.353 e. The Balaban J connectivity index is 2.11. The van der Waals surface area contributed by atoms with Crippen LogP contribution in [0.3, 0.4) is 0 Å². The molecule has 1 saturated carbocycles. The fourth-order valence-electron chi connectivity index (χ4n) is 2.90. The molecule has 0 aromatic carbocycles. The first-order valence-corrected chi connectivity index (χ1v) is 11.5. The number of nitrogens with zero attached hydrogens (tertiary/aromatic N) is 1. The molecule has 0 aromatic rings. The fraction of sp³-hybridized carbons (Fsp3) is 0.692. The molecule has 4 nitrogen and oxygen atoms in total. The number of amides is 2. The molecule has 4 heteroatoms. The normalized spacial score (nSPS) is 12.0. The highest BCUT2D eigenvalue weighted by molar-refractivity contribution is 5.76. The lowest BCUT2D eigenvalue weighted by molar-refractivity contribution is -0.133. The Bertz CT molecular complexity index is 703. The lowest BCUT2D eigenvalue weighted by Gasteiger charge is -2.26. The van der Waals surface area contributed by atoms with Crippen molar-refractivity contribution in [3.05, 3.63) is 0 Å². The molecule has 1 aliphatic rings. The Labute approximate surface area is 183 Å². The summed E-state index contributed by atoms with van der Waals surface area (Å²) in [7, 11) is 0. The lowest BCUT2D eigenvalue weighted by atomic mass is 10.1. The van der Waals surface area contributed by atoms with Crippen molar-refractivity contribution in [1.29, 1.82) is 0 Å². The van der Waals surface area contributed by atoms with Crippen LogP contribution < -0.4 is 5.32 Å². The largest absolute Gasteiger partial charge is 0.353 e. The van der Waals surface area contributed by atoms with Gasteiger partial charge in [-0.15, -0.1) is 11.8 Å². The van der Waals surface area contributed by atoms with Crippen molar-refractivity contribution >= 4 is 11.8 Å². The van der Waals surface area contributed by atoms with E-state index < -0.39 is 0 Å². The first-order chi connectivity index (χ1) is 14.5. The monoisotopic (exact) mass is 410 g/mol. The summed E-state index contributed by atoms with van der Waals surface area (Å²) in [5, 5.41) is 2.98. The van der Waals surface area contributed by atoms with Gasteiger partial charge in [-0.3, -0.25) is 9.59 Å². The van der Waals surface area contributed by atoms with Crippen molar-refractivity contribution < 1.29 is 9.59 Å². The maximum Gasteiger partial charge on any atom is 0.222 e. The van der Waals surface area contributed by atoms with Gasteiger partial charge in [0.1, 0.15) is 0 Å². The molecule has 1 N–H and O–H groups in total. The standard InChI is InChI=1S/C26H38N2O2/c1-4-5-15-19-26(30)28(23(2)3)22-17-14-12-10-8-6-7-9-11-13-16-18-25(29)27-24-20-21-24/h23-24H,4-5,7,10,13,15-22H2,1-3H3,(H,27,29). The Morgan fingerprint density at radius 3 is 2.13 bits per heavy atom. The van der Waals surface area contributed by atoms with Gasteiger partial charge in [0.15, 0.2) is 0 Å². The van der Waals surface area contributed by atoms with Gasteiger partial charge >= 0.3 is 0 Å². The second-order valence-electron chi connectivity index (χ2n) is 8.00. The van der Waals surface area contributed by atoms with Crippen molar-refractivity contribution in [1.82, 2.24) is 10.2 Å². The van der Waals surface area contributed by atoms with E-state index in [0.29, 0.717) is 44.7 Å². The predicted octanol–water partition coefficient (Wildman–Crippen LogP) is 4.43. The Hall–Kier alpha value is -2.38. The summed E-state index contributed by atoms with van der Waals surface area (Å²) < 4.78 is 0. The average molecular weight is 411 g/mol. The molecule has 0 aliphatic heterocycles. The number of hydrogen-bond acceptors (Lipinski definition) is 2. The number of hydrogen-bond donors (Lipinski definition) is 1. The van der Waals surface area contributed by atoms with E-state index in [1.807, 2.05) is 4.90 Å². The molecule has 2 amide bonds. The van der Waals surface area contributed by atoms with Gasteiger partial charge < -0.3 is 10.2 Å². The van der Waals surface area contributed by atoms with Crippen LogP contribution in [0.15, 0.2) is 0 Å². The third-order valence-electron chi connectivity index (χ3n) is 4.79. The zero-order valence-corrected chi connectivity index (χ0v) is 19.1. The molecule has 0 heterocycles. The zero-order valence-electron chi connectivity index (χ0n) is 19.1. The fourth-order valence-corrected chi connectivity index (χ4v) is 2.90. The van der Waals surface area contributed by atoms with Crippen molar-refractivity contribution in [2.45, 2.75) is 110 Å². The van der Waals surface area contributed by atoms with Crippen LogP contribution in [0.25, 0.3) is 0 Å². The van der Waals surface area contributed by atoms with Crippen LogP contribution in [0.2, 0.25) is 0 Å². The summed E-state index contributed by atoms with van der Waals surface area (Å²) in [6.07, 6.45) is 9.98. The molecular formula is C26H38N2O2. The molecule has 1 rings (SSSR count). The van der Waals surface area contributed by atoms with Crippen LogP contribution in [0.1, 0.15) is 97.8 Å². The molecule has 30 heavy (non-hydrogen) atoms. The molecule has 1 aliphatic carbocycles. The van der Waals surface area contributed by atoms with Crippen LogP contribution in [-0.4, -0.2) is 35.3 Å². The highest BCUT2D eigenvalue weighted by Gasteiger charge is 2.22. The molecule has 1 fully saturated rings. The summed E-state index contributed by atoms with van der Waals surface area (Å²) in [5.74, 6) is 18.7. The van der Waals surface area contributed by atoms with Gasteiger partial charge in [0.25, 0.3) is 0 Å². The number of rotatable bonds is 11. The van der Waals surface area contributed by atoms with E-state index in [-0.39, 0.29) is 17.9 Å². The summed E-state index contributed by atoms with van der Waals surface area (Å²) in [5.41, 5.74) is 0. The average Bonchev–Trinajstić information content (AvgIpc) is 3.52. The molecule has 0 unspecified atom stereocenters. The van der Waals surface area contributed by atoms with Gasteiger partial charge in [0.05, 0.1) is 12.8 Å². The van der Waals surface area contributed by atoms with E-state index in [0.717, 1.165) is 44.9 Å². The van der Waals surface area contributed by atoms with Crippen LogP contribution in [0.4, 0.5) is 0 Å². The van der Waals surface area contributed by atoms with E-state index in [2.05, 4.69) is 61.6 Å². The second kappa shape index (κ2) is 16.4. The van der Waals surface area contributed by atoms with Gasteiger partial charge in [-0.1, -0.05) is 43.4 Å². The van der Waals surface area contributed by atoms with E-state index in [4.69, 9.17) is 0 Å². The maximum atomic E-state index is 12.3. The number of carbonyl (C=O) groups excluding carboxylic acids is 2. The third-order valence-corrected chi connectivity index (χ3v) is 4.79. The van der Waals surface area contributed by atoms with Crippen molar-refractivity contribution in [3.63, 3.8) is 0 Å². The summed E-state index contributed by atoms with van der Waals surface area (Å²) >= 11 is 0. The molecule has 0 radical (unpaired) electrons. The third kappa shape index (κ3) is 13.7. The number of nitrogens with one attached hydrogen (secondary N) is 1. The van der Waals surface area contributed by atoms with Gasteiger partial charge in [-0.05, 0) is 39.5 Å². The minimum atomic E-state index is 0.148. The quantitative estimate of drug-likeness (QED) is 0.405. The van der Waals surface area contributed by atoms with Crippen molar-refractivity contribution in [2.24, 2.45) is 0 Å². The summed E-state index contributed by atoms with van der Waals surface area (Å²) in [6, 6.07) is 0.654. The smallest absolute Gasteiger partial charge is 0.222 e. The molecule has 0 atom stereocenters. The van der Waals surface area contributed by atoms with Crippen LogP contribution in [-0.2, 0) is 9.59 Å². The molecule has 164 valence electrons. The van der Waals surface area contributed by atoms with E-state index in [1.165, 1.54) is 0 Å². The summed E-state index contributed by atoms with van der Waals surface area (Å²) in [4.78, 5) is 25.7. The number of carbonyl (C=O) groups is 2.